The molecule has 6 heteroatoms. The maximum absolute atomic E-state index is 9.25. The molecule has 3 aromatic rings. The summed E-state index contributed by atoms with van der Waals surface area (Å²) < 4.78 is 2.11. The fourth-order valence-electron chi connectivity index (χ4n) is 5.61. The number of aromatic nitrogens is 4. The van der Waals surface area contributed by atoms with Crippen LogP contribution in [0, 0.1) is 17.2 Å². The van der Waals surface area contributed by atoms with Crippen LogP contribution < -0.4 is 4.90 Å². The van der Waals surface area contributed by atoms with Gasteiger partial charge in [-0.15, -0.1) is 5.10 Å². The first-order valence-electron chi connectivity index (χ1n) is 12.0. The smallest absolute Gasteiger partial charge is 0.214 e. The first-order valence-corrected chi connectivity index (χ1v) is 12.0. The molecule has 2 fully saturated rings. The minimum Gasteiger partial charge on any atom is -0.322 e. The molecule has 32 heavy (non-hydrogen) atoms. The van der Waals surface area contributed by atoms with Gasteiger partial charge in [-0.1, -0.05) is 55.3 Å². The maximum atomic E-state index is 9.25. The van der Waals surface area contributed by atoms with Crippen molar-refractivity contribution in [1.82, 2.24) is 20.2 Å². The Labute approximate surface area is 189 Å². The highest BCUT2D eigenvalue weighted by molar-refractivity contribution is 5.34. The van der Waals surface area contributed by atoms with Crippen LogP contribution in [0.25, 0.3) is 0 Å². The van der Waals surface area contributed by atoms with E-state index in [1.54, 1.807) is 0 Å². The third-order valence-electron chi connectivity index (χ3n) is 7.34. The molecule has 0 unspecified atom stereocenters. The Morgan fingerprint density at radius 1 is 0.969 bits per heavy atom. The highest BCUT2D eigenvalue weighted by atomic mass is 15.6. The van der Waals surface area contributed by atoms with E-state index in [1.807, 2.05) is 12.1 Å². The summed E-state index contributed by atoms with van der Waals surface area (Å²) in [4.78, 5) is 1.54. The van der Waals surface area contributed by atoms with Gasteiger partial charge in [0, 0.05) is 5.56 Å². The molecule has 1 atom stereocenters. The van der Waals surface area contributed by atoms with E-state index >= 15 is 0 Å². The van der Waals surface area contributed by atoms with Crippen molar-refractivity contribution in [2.75, 3.05) is 13.1 Å². The quantitative estimate of drug-likeness (QED) is 0.655. The van der Waals surface area contributed by atoms with Gasteiger partial charge >= 0.3 is 0 Å². The van der Waals surface area contributed by atoms with Crippen LogP contribution >= 0.6 is 0 Å². The predicted octanol–water partition coefficient (Wildman–Crippen LogP) is 3.29. The van der Waals surface area contributed by atoms with E-state index in [0.717, 1.165) is 44.1 Å². The molecule has 1 aliphatic heterocycles. The van der Waals surface area contributed by atoms with Gasteiger partial charge in [0.05, 0.1) is 30.8 Å². The second kappa shape index (κ2) is 9.62. The zero-order chi connectivity index (χ0) is 21.8. The van der Waals surface area contributed by atoms with Gasteiger partial charge in [-0.3, -0.25) is 0 Å². The number of quaternary nitrogens is 1. The van der Waals surface area contributed by atoms with Gasteiger partial charge in [-0.2, -0.15) is 5.26 Å². The molecule has 2 aromatic carbocycles. The Morgan fingerprint density at radius 2 is 1.69 bits per heavy atom. The number of rotatable bonds is 6. The molecule has 2 aliphatic rings. The van der Waals surface area contributed by atoms with Gasteiger partial charge in [-0.25, -0.2) is 4.68 Å². The standard InChI is InChI=1S/C26H30N6/c27-19-22-10-12-23(13-11-22)25(26-28-29-30-32(26)24-8-4-5-9-24)31-16-14-21(15-17-31)18-20-6-2-1-3-7-20/h1-3,6-7,10-13,21,24-25H,4-5,8-9,14-18H2/p+1/t25-/m0/s1. The van der Waals surface area contributed by atoms with Crippen LogP contribution in [0.5, 0.6) is 0 Å². The molecule has 164 valence electrons. The van der Waals surface area contributed by atoms with Crippen molar-refractivity contribution in [1.29, 1.82) is 5.26 Å². The number of tetrazole rings is 1. The van der Waals surface area contributed by atoms with E-state index in [2.05, 4.69) is 68.7 Å². The summed E-state index contributed by atoms with van der Waals surface area (Å²) in [6, 6.07) is 21.7. The number of hydrogen-bond acceptors (Lipinski definition) is 4. The van der Waals surface area contributed by atoms with Crippen molar-refractivity contribution in [3.63, 3.8) is 0 Å². The summed E-state index contributed by atoms with van der Waals surface area (Å²) in [7, 11) is 0. The van der Waals surface area contributed by atoms with Crippen LogP contribution in [-0.2, 0) is 6.42 Å². The molecule has 1 aliphatic carbocycles. The molecular weight excluding hydrogens is 396 g/mol. The molecule has 0 spiro atoms. The van der Waals surface area contributed by atoms with Gasteiger partial charge in [0.25, 0.3) is 0 Å². The Balaban J connectivity index is 1.38. The normalized spacial score (nSPS) is 22.5. The third-order valence-corrected chi connectivity index (χ3v) is 7.34. The maximum Gasteiger partial charge on any atom is 0.214 e. The average Bonchev–Trinajstić information content (AvgIpc) is 3.54. The molecule has 0 radical (unpaired) electrons. The van der Waals surface area contributed by atoms with Crippen molar-refractivity contribution < 1.29 is 4.90 Å². The number of hydrogen-bond donors (Lipinski definition) is 1. The molecule has 1 N–H and O–H groups in total. The number of nitriles is 1. The average molecular weight is 428 g/mol. The monoisotopic (exact) mass is 427 g/mol. The number of likely N-dealkylation sites (tertiary alicyclic amines) is 1. The summed E-state index contributed by atoms with van der Waals surface area (Å²) in [6.45, 7) is 2.22. The van der Waals surface area contributed by atoms with Crippen molar-refractivity contribution in [3.8, 4) is 6.07 Å². The van der Waals surface area contributed by atoms with Gasteiger partial charge in [0.15, 0.2) is 6.04 Å². The predicted molar refractivity (Wildman–Crippen MR) is 122 cm³/mol. The summed E-state index contributed by atoms with van der Waals surface area (Å²) in [6.07, 6.45) is 8.41. The number of piperidine rings is 1. The first kappa shape index (κ1) is 20.8. The molecule has 5 rings (SSSR count). The fourth-order valence-corrected chi connectivity index (χ4v) is 5.61. The van der Waals surface area contributed by atoms with E-state index in [0.29, 0.717) is 11.6 Å². The lowest BCUT2D eigenvalue weighted by atomic mass is 9.88. The minimum atomic E-state index is 0.107. The van der Waals surface area contributed by atoms with E-state index in [4.69, 9.17) is 0 Å². The van der Waals surface area contributed by atoms with Crippen LogP contribution in [0.15, 0.2) is 54.6 Å². The molecule has 1 aromatic heterocycles. The largest absolute Gasteiger partial charge is 0.322 e. The Hall–Kier alpha value is -3.04. The Morgan fingerprint density at radius 3 is 2.38 bits per heavy atom. The Bertz CT molecular complexity index is 1040. The second-order valence-electron chi connectivity index (χ2n) is 9.38. The van der Waals surface area contributed by atoms with Crippen molar-refractivity contribution in [2.45, 2.75) is 57.0 Å². The molecule has 0 bridgehead atoms. The fraction of sp³-hybridized carbons (Fsp3) is 0.462. The zero-order valence-corrected chi connectivity index (χ0v) is 18.5. The van der Waals surface area contributed by atoms with Crippen molar-refractivity contribution >= 4 is 0 Å². The van der Waals surface area contributed by atoms with Gasteiger partial charge in [0.1, 0.15) is 0 Å². The summed E-state index contributed by atoms with van der Waals surface area (Å²) in [5.74, 6) is 1.71. The van der Waals surface area contributed by atoms with E-state index in [1.165, 1.54) is 41.7 Å². The van der Waals surface area contributed by atoms with E-state index < -0.39 is 0 Å². The molecule has 1 saturated carbocycles. The lowest BCUT2D eigenvalue weighted by Gasteiger charge is -2.34. The lowest BCUT2D eigenvalue weighted by Crippen LogP contribution is -3.13. The van der Waals surface area contributed by atoms with E-state index in [9.17, 15) is 5.26 Å². The van der Waals surface area contributed by atoms with Crippen LogP contribution in [0.4, 0.5) is 0 Å². The highest BCUT2D eigenvalue weighted by Gasteiger charge is 2.36. The lowest BCUT2D eigenvalue weighted by molar-refractivity contribution is -0.932. The van der Waals surface area contributed by atoms with Crippen LogP contribution in [0.1, 0.15) is 73.1 Å². The second-order valence-corrected chi connectivity index (χ2v) is 9.38. The van der Waals surface area contributed by atoms with Crippen LogP contribution in [-0.4, -0.2) is 33.3 Å². The van der Waals surface area contributed by atoms with Crippen LogP contribution in [0.3, 0.4) is 0 Å². The summed E-state index contributed by atoms with van der Waals surface area (Å²) in [5.41, 5.74) is 3.34. The molecule has 2 heterocycles. The van der Waals surface area contributed by atoms with Gasteiger partial charge < -0.3 is 4.90 Å². The highest BCUT2D eigenvalue weighted by Crippen LogP contribution is 2.31. The summed E-state index contributed by atoms with van der Waals surface area (Å²) >= 11 is 0. The zero-order valence-electron chi connectivity index (χ0n) is 18.5. The SMILES string of the molecule is N#Cc1ccc([C@@H](c2nnnn2C2CCCC2)[NH+]2CCC(Cc3ccccc3)CC2)cc1. The number of benzene rings is 2. The van der Waals surface area contributed by atoms with Gasteiger partial charge in [0.2, 0.25) is 5.82 Å². The number of nitrogens with one attached hydrogen (secondary N) is 1. The molecule has 1 saturated heterocycles. The topological polar surface area (TPSA) is 71.8 Å². The Kier molecular flexibility index (Phi) is 6.27. The molecule has 6 nitrogen and oxygen atoms in total. The third kappa shape index (κ3) is 4.44. The van der Waals surface area contributed by atoms with E-state index in [-0.39, 0.29) is 6.04 Å². The van der Waals surface area contributed by atoms with Crippen LogP contribution in [0.2, 0.25) is 0 Å². The number of nitrogens with zero attached hydrogens (tertiary/aromatic N) is 5. The first-order chi connectivity index (χ1) is 15.8. The summed E-state index contributed by atoms with van der Waals surface area (Å²) in [5, 5.41) is 22.3. The molecular formula is C26H31N6+. The van der Waals surface area contributed by atoms with Crippen molar-refractivity contribution in [2.24, 2.45) is 5.92 Å². The molecule has 0 amide bonds. The minimum absolute atomic E-state index is 0.107. The van der Waals surface area contributed by atoms with Gasteiger partial charge in [-0.05, 0) is 66.1 Å². The van der Waals surface area contributed by atoms with Crippen molar-refractivity contribution in [3.05, 3.63) is 77.1 Å².